The largest absolute Gasteiger partial charge is 0.457 e. The molecule has 0 bridgehead atoms. The molecular formula is C15H14FNO2. The number of carbonyl (C=O) groups is 1. The van der Waals surface area contributed by atoms with E-state index in [9.17, 15) is 9.18 Å². The quantitative estimate of drug-likeness (QED) is 0.675. The number of hydrogen-bond acceptors (Lipinski definition) is 3. The molecule has 0 saturated carbocycles. The molecule has 0 atom stereocenters. The van der Waals surface area contributed by atoms with Gasteiger partial charge in [0.1, 0.15) is 17.3 Å². The summed E-state index contributed by atoms with van der Waals surface area (Å²) in [6, 6.07) is 9.34. The fourth-order valence-electron chi connectivity index (χ4n) is 1.74. The van der Waals surface area contributed by atoms with Crippen LogP contribution in [-0.4, -0.2) is 5.78 Å². The highest BCUT2D eigenvalue weighted by atomic mass is 19.1. The number of anilines is 1. The maximum Gasteiger partial charge on any atom is 0.161 e. The Hall–Kier alpha value is -2.36. The summed E-state index contributed by atoms with van der Waals surface area (Å²) in [6.07, 6.45) is 0. The number of nitrogen functional groups attached to an aromatic ring is 1. The normalized spacial score (nSPS) is 10.3. The minimum absolute atomic E-state index is 0.0957. The molecule has 0 aliphatic carbocycles. The van der Waals surface area contributed by atoms with Gasteiger partial charge in [-0.15, -0.1) is 0 Å². The number of ketones is 1. The Bertz CT molecular complexity index is 638. The van der Waals surface area contributed by atoms with Gasteiger partial charge in [0, 0.05) is 17.3 Å². The van der Waals surface area contributed by atoms with Crippen molar-refractivity contribution in [1.29, 1.82) is 0 Å². The van der Waals surface area contributed by atoms with Crippen LogP contribution in [0.5, 0.6) is 11.5 Å². The van der Waals surface area contributed by atoms with E-state index in [0.717, 1.165) is 0 Å². The minimum Gasteiger partial charge on any atom is -0.457 e. The molecule has 0 saturated heterocycles. The summed E-state index contributed by atoms with van der Waals surface area (Å²) in [5, 5.41) is 0. The molecule has 19 heavy (non-hydrogen) atoms. The number of nitrogens with two attached hydrogens (primary N) is 1. The highest BCUT2D eigenvalue weighted by Gasteiger charge is 2.07. The monoisotopic (exact) mass is 259 g/mol. The van der Waals surface area contributed by atoms with Gasteiger partial charge in [-0.1, -0.05) is 0 Å². The second kappa shape index (κ2) is 5.10. The fraction of sp³-hybridized carbons (Fsp3) is 0.133. The standard InChI is InChI=1S/C15H14FNO2/c1-9-7-11(4-6-14(9)16)19-12-3-5-13(10(2)18)15(17)8-12/h3-8H,17H2,1-2H3. The second-order valence-corrected chi connectivity index (χ2v) is 4.32. The van der Waals surface area contributed by atoms with E-state index in [-0.39, 0.29) is 11.6 Å². The Morgan fingerprint density at radius 3 is 2.37 bits per heavy atom. The van der Waals surface area contributed by atoms with Gasteiger partial charge in [-0.05, 0) is 49.7 Å². The van der Waals surface area contributed by atoms with E-state index in [4.69, 9.17) is 10.5 Å². The van der Waals surface area contributed by atoms with Crippen molar-refractivity contribution < 1.29 is 13.9 Å². The molecule has 2 aromatic rings. The van der Waals surface area contributed by atoms with Crippen LogP contribution in [0.2, 0.25) is 0 Å². The summed E-state index contributed by atoms with van der Waals surface area (Å²) in [5.41, 5.74) is 7.10. The zero-order valence-corrected chi connectivity index (χ0v) is 10.7. The molecule has 98 valence electrons. The number of carbonyl (C=O) groups excluding carboxylic acids is 1. The molecule has 4 heteroatoms. The molecule has 0 aromatic heterocycles. The Kier molecular flexibility index (Phi) is 3.51. The molecule has 3 nitrogen and oxygen atoms in total. The van der Waals surface area contributed by atoms with E-state index in [1.54, 1.807) is 31.2 Å². The molecule has 2 rings (SSSR count). The zero-order valence-electron chi connectivity index (χ0n) is 10.7. The Balaban J connectivity index is 2.26. The van der Waals surface area contributed by atoms with E-state index in [1.165, 1.54) is 19.1 Å². The van der Waals surface area contributed by atoms with Crippen LogP contribution in [0.15, 0.2) is 36.4 Å². The first-order valence-corrected chi connectivity index (χ1v) is 5.82. The molecule has 0 unspecified atom stereocenters. The van der Waals surface area contributed by atoms with Gasteiger partial charge in [0.25, 0.3) is 0 Å². The second-order valence-electron chi connectivity index (χ2n) is 4.32. The first-order chi connectivity index (χ1) is 8.97. The number of hydrogen-bond donors (Lipinski definition) is 1. The van der Waals surface area contributed by atoms with Gasteiger partial charge in [-0.2, -0.15) is 0 Å². The smallest absolute Gasteiger partial charge is 0.161 e. The Morgan fingerprint density at radius 2 is 1.79 bits per heavy atom. The molecule has 0 aliphatic rings. The number of Topliss-reactive ketones (excluding diaryl/α,β-unsaturated/α-hetero) is 1. The number of halogens is 1. The predicted octanol–water partition coefficient (Wildman–Crippen LogP) is 3.71. The lowest BCUT2D eigenvalue weighted by molar-refractivity contribution is 0.101. The average molecular weight is 259 g/mol. The molecule has 0 aliphatic heterocycles. The van der Waals surface area contributed by atoms with E-state index in [2.05, 4.69) is 0 Å². The predicted molar refractivity (Wildman–Crippen MR) is 72.1 cm³/mol. The van der Waals surface area contributed by atoms with Crippen molar-refractivity contribution in [2.24, 2.45) is 0 Å². The summed E-state index contributed by atoms with van der Waals surface area (Å²) in [7, 11) is 0. The number of aryl methyl sites for hydroxylation is 1. The van der Waals surface area contributed by atoms with Crippen molar-refractivity contribution in [1.82, 2.24) is 0 Å². The SMILES string of the molecule is CC(=O)c1ccc(Oc2ccc(F)c(C)c2)cc1N. The highest BCUT2D eigenvalue weighted by molar-refractivity contribution is 5.99. The van der Waals surface area contributed by atoms with E-state index >= 15 is 0 Å². The maximum absolute atomic E-state index is 13.1. The molecule has 0 heterocycles. The first kappa shape index (κ1) is 13.1. The van der Waals surface area contributed by atoms with Crippen LogP contribution in [0.3, 0.4) is 0 Å². The molecular weight excluding hydrogens is 245 g/mol. The van der Waals surface area contributed by atoms with Gasteiger partial charge in [0.2, 0.25) is 0 Å². The molecule has 2 N–H and O–H groups in total. The van der Waals surface area contributed by atoms with Crippen molar-refractivity contribution >= 4 is 11.5 Å². The zero-order chi connectivity index (χ0) is 14.0. The maximum atomic E-state index is 13.1. The van der Waals surface area contributed by atoms with Crippen LogP contribution in [-0.2, 0) is 0 Å². The molecule has 2 aromatic carbocycles. The fourth-order valence-corrected chi connectivity index (χ4v) is 1.74. The van der Waals surface area contributed by atoms with Crippen molar-refractivity contribution in [3.63, 3.8) is 0 Å². The highest BCUT2D eigenvalue weighted by Crippen LogP contribution is 2.26. The number of benzene rings is 2. The van der Waals surface area contributed by atoms with E-state index < -0.39 is 0 Å². The topological polar surface area (TPSA) is 52.3 Å². The summed E-state index contributed by atoms with van der Waals surface area (Å²) >= 11 is 0. The molecule has 0 fully saturated rings. The van der Waals surface area contributed by atoms with E-state index in [1.807, 2.05) is 0 Å². The molecule has 0 amide bonds. The van der Waals surface area contributed by atoms with Crippen molar-refractivity contribution in [3.05, 3.63) is 53.3 Å². The van der Waals surface area contributed by atoms with Crippen LogP contribution < -0.4 is 10.5 Å². The third kappa shape index (κ3) is 2.91. The van der Waals surface area contributed by atoms with Gasteiger partial charge in [0.05, 0.1) is 0 Å². The lowest BCUT2D eigenvalue weighted by Gasteiger charge is -2.09. The number of rotatable bonds is 3. The molecule has 0 spiro atoms. The lowest BCUT2D eigenvalue weighted by Crippen LogP contribution is -1.99. The minimum atomic E-state index is -0.279. The summed E-state index contributed by atoms with van der Waals surface area (Å²) in [6.45, 7) is 3.12. The Labute approximate surface area is 110 Å². The summed E-state index contributed by atoms with van der Waals surface area (Å²) < 4.78 is 18.7. The van der Waals surface area contributed by atoms with Gasteiger partial charge < -0.3 is 10.5 Å². The summed E-state index contributed by atoms with van der Waals surface area (Å²) in [4.78, 5) is 11.3. The lowest BCUT2D eigenvalue weighted by atomic mass is 10.1. The van der Waals surface area contributed by atoms with Gasteiger partial charge in [-0.3, -0.25) is 4.79 Å². The third-order valence-corrected chi connectivity index (χ3v) is 2.77. The van der Waals surface area contributed by atoms with Crippen molar-refractivity contribution in [2.75, 3.05) is 5.73 Å². The van der Waals surface area contributed by atoms with Gasteiger partial charge in [-0.25, -0.2) is 4.39 Å². The van der Waals surface area contributed by atoms with Gasteiger partial charge >= 0.3 is 0 Å². The van der Waals surface area contributed by atoms with Crippen molar-refractivity contribution in [2.45, 2.75) is 13.8 Å². The van der Waals surface area contributed by atoms with Crippen LogP contribution >= 0.6 is 0 Å². The van der Waals surface area contributed by atoms with Crippen LogP contribution in [0.25, 0.3) is 0 Å². The van der Waals surface area contributed by atoms with Crippen LogP contribution in [0.4, 0.5) is 10.1 Å². The van der Waals surface area contributed by atoms with E-state index in [0.29, 0.717) is 28.3 Å². The first-order valence-electron chi connectivity index (χ1n) is 5.82. The summed E-state index contributed by atoms with van der Waals surface area (Å²) in [5.74, 6) is 0.655. The van der Waals surface area contributed by atoms with Crippen LogP contribution in [0, 0.1) is 12.7 Å². The van der Waals surface area contributed by atoms with Crippen molar-refractivity contribution in [3.8, 4) is 11.5 Å². The Morgan fingerprint density at radius 1 is 1.16 bits per heavy atom. The third-order valence-electron chi connectivity index (χ3n) is 2.77. The van der Waals surface area contributed by atoms with Gasteiger partial charge in [0.15, 0.2) is 5.78 Å². The van der Waals surface area contributed by atoms with Crippen LogP contribution in [0.1, 0.15) is 22.8 Å². The number of ether oxygens (including phenoxy) is 1. The molecule has 0 radical (unpaired) electrons. The average Bonchev–Trinajstić information content (AvgIpc) is 2.33.